The predicted molar refractivity (Wildman–Crippen MR) is 56.7 cm³/mol. The van der Waals surface area contributed by atoms with Gasteiger partial charge in [-0.25, -0.2) is 4.79 Å². The van der Waals surface area contributed by atoms with Crippen molar-refractivity contribution in [3.8, 4) is 0 Å². The molecular weight excluding hydrogens is 198 g/mol. The molecule has 0 radical (unpaired) electrons. The van der Waals surface area contributed by atoms with E-state index in [1.54, 1.807) is 11.3 Å². The maximum Gasteiger partial charge on any atom is 0.404 e. The van der Waals surface area contributed by atoms with Gasteiger partial charge in [0.2, 0.25) is 0 Å². The fraction of sp³-hybridized carbons (Fsp3) is 0.100. The zero-order chi connectivity index (χ0) is 9.97. The standard InChI is InChI=1S/C10H9NO2S/c12-10(13)11-6-7-2-1-3-9-8(7)4-5-14-9/h1-5,11H,6H2,(H,12,13). The second-order valence-electron chi connectivity index (χ2n) is 2.91. The molecule has 1 amide bonds. The number of hydrogen-bond acceptors (Lipinski definition) is 2. The maximum absolute atomic E-state index is 10.3. The number of nitrogens with one attached hydrogen (secondary N) is 1. The van der Waals surface area contributed by atoms with E-state index in [2.05, 4.69) is 5.32 Å². The number of carbonyl (C=O) groups is 1. The largest absolute Gasteiger partial charge is 0.465 e. The maximum atomic E-state index is 10.3. The van der Waals surface area contributed by atoms with Crippen LogP contribution in [0.25, 0.3) is 10.1 Å². The van der Waals surface area contributed by atoms with Crippen LogP contribution in [-0.4, -0.2) is 11.2 Å². The van der Waals surface area contributed by atoms with E-state index < -0.39 is 6.09 Å². The van der Waals surface area contributed by atoms with E-state index in [1.165, 1.54) is 4.70 Å². The molecule has 1 heterocycles. The molecule has 2 aromatic rings. The smallest absolute Gasteiger partial charge is 0.404 e. The van der Waals surface area contributed by atoms with Gasteiger partial charge < -0.3 is 10.4 Å². The van der Waals surface area contributed by atoms with Crippen molar-refractivity contribution in [3.05, 3.63) is 35.2 Å². The molecule has 2 rings (SSSR count). The molecule has 4 heteroatoms. The lowest BCUT2D eigenvalue weighted by molar-refractivity contribution is 0.194. The van der Waals surface area contributed by atoms with Crippen molar-refractivity contribution in [2.45, 2.75) is 6.54 Å². The molecule has 1 aromatic carbocycles. The monoisotopic (exact) mass is 207 g/mol. The number of rotatable bonds is 2. The molecule has 2 N–H and O–H groups in total. The van der Waals surface area contributed by atoms with Gasteiger partial charge in [0.25, 0.3) is 0 Å². The fourth-order valence-corrected chi connectivity index (χ4v) is 2.22. The number of fused-ring (bicyclic) bond motifs is 1. The molecule has 72 valence electrons. The molecule has 0 bridgehead atoms. The Hall–Kier alpha value is -1.55. The van der Waals surface area contributed by atoms with Gasteiger partial charge >= 0.3 is 6.09 Å². The Morgan fingerprint density at radius 1 is 1.43 bits per heavy atom. The summed E-state index contributed by atoms with van der Waals surface area (Å²) in [5, 5.41) is 14.0. The molecule has 1 aromatic heterocycles. The molecule has 0 aliphatic rings. The molecule has 0 fully saturated rings. The minimum Gasteiger partial charge on any atom is -0.465 e. The number of benzene rings is 1. The Bertz CT molecular complexity index is 464. The highest BCUT2D eigenvalue weighted by Gasteiger charge is 2.02. The lowest BCUT2D eigenvalue weighted by Crippen LogP contribution is -2.19. The molecule has 0 unspecified atom stereocenters. The van der Waals surface area contributed by atoms with Crippen molar-refractivity contribution in [1.82, 2.24) is 5.32 Å². The summed E-state index contributed by atoms with van der Waals surface area (Å²) in [4.78, 5) is 10.3. The van der Waals surface area contributed by atoms with Crippen LogP contribution in [-0.2, 0) is 6.54 Å². The SMILES string of the molecule is O=C(O)NCc1cccc2sccc12. The van der Waals surface area contributed by atoms with E-state index in [4.69, 9.17) is 5.11 Å². The molecule has 3 nitrogen and oxygen atoms in total. The molecule has 0 spiro atoms. The van der Waals surface area contributed by atoms with Gasteiger partial charge in [0.1, 0.15) is 0 Å². The third-order valence-corrected chi connectivity index (χ3v) is 2.90. The molecule has 0 saturated carbocycles. The molecule has 0 aliphatic heterocycles. The van der Waals surface area contributed by atoms with Crippen molar-refractivity contribution in [2.75, 3.05) is 0 Å². The van der Waals surface area contributed by atoms with E-state index in [1.807, 2.05) is 29.6 Å². The van der Waals surface area contributed by atoms with Crippen LogP contribution in [0, 0.1) is 0 Å². The lowest BCUT2D eigenvalue weighted by atomic mass is 10.1. The predicted octanol–water partition coefficient (Wildman–Crippen LogP) is 2.67. The molecular formula is C10H9NO2S. The van der Waals surface area contributed by atoms with E-state index in [-0.39, 0.29) is 0 Å². The van der Waals surface area contributed by atoms with Crippen molar-refractivity contribution in [3.63, 3.8) is 0 Å². The van der Waals surface area contributed by atoms with Crippen molar-refractivity contribution < 1.29 is 9.90 Å². The highest BCUT2D eigenvalue weighted by Crippen LogP contribution is 2.23. The summed E-state index contributed by atoms with van der Waals surface area (Å²) in [6.45, 7) is 0.364. The van der Waals surface area contributed by atoms with Crippen LogP contribution in [0.3, 0.4) is 0 Å². The Kier molecular flexibility index (Phi) is 2.37. The van der Waals surface area contributed by atoms with Gasteiger partial charge in [0.15, 0.2) is 0 Å². The van der Waals surface area contributed by atoms with Crippen LogP contribution >= 0.6 is 11.3 Å². The summed E-state index contributed by atoms with van der Waals surface area (Å²) < 4.78 is 1.19. The first kappa shape index (κ1) is 9.02. The first-order valence-corrected chi connectivity index (χ1v) is 5.07. The first-order chi connectivity index (χ1) is 6.77. The zero-order valence-corrected chi connectivity index (χ0v) is 8.17. The average molecular weight is 207 g/mol. The Morgan fingerprint density at radius 3 is 3.07 bits per heavy atom. The first-order valence-electron chi connectivity index (χ1n) is 4.19. The highest BCUT2D eigenvalue weighted by molar-refractivity contribution is 7.17. The van der Waals surface area contributed by atoms with Crippen LogP contribution in [0.5, 0.6) is 0 Å². The van der Waals surface area contributed by atoms with Gasteiger partial charge in [-0.15, -0.1) is 11.3 Å². The third-order valence-electron chi connectivity index (χ3n) is 2.02. The molecule has 0 aliphatic carbocycles. The van der Waals surface area contributed by atoms with Crippen LogP contribution in [0.4, 0.5) is 4.79 Å². The number of amides is 1. The molecule has 0 saturated heterocycles. The van der Waals surface area contributed by atoms with Gasteiger partial charge in [0, 0.05) is 11.2 Å². The van der Waals surface area contributed by atoms with Crippen LogP contribution in [0.1, 0.15) is 5.56 Å². The third kappa shape index (κ3) is 1.70. The summed E-state index contributed by atoms with van der Waals surface area (Å²) in [5.41, 5.74) is 1.02. The van der Waals surface area contributed by atoms with Crippen LogP contribution in [0.2, 0.25) is 0 Å². The van der Waals surface area contributed by atoms with Gasteiger partial charge in [0.05, 0.1) is 0 Å². The highest BCUT2D eigenvalue weighted by atomic mass is 32.1. The topological polar surface area (TPSA) is 49.3 Å². The van der Waals surface area contributed by atoms with E-state index >= 15 is 0 Å². The van der Waals surface area contributed by atoms with Gasteiger partial charge in [-0.1, -0.05) is 12.1 Å². The second kappa shape index (κ2) is 3.67. The van der Waals surface area contributed by atoms with Crippen LogP contribution < -0.4 is 5.32 Å². The molecule has 0 atom stereocenters. The Morgan fingerprint density at radius 2 is 2.29 bits per heavy atom. The minimum absolute atomic E-state index is 0.364. The Labute approximate surface area is 85.0 Å². The zero-order valence-electron chi connectivity index (χ0n) is 7.36. The van der Waals surface area contributed by atoms with Crippen molar-refractivity contribution in [2.24, 2.45) is 0 Å². The summed E-state index contributed by atoms with van der Waals surface area (Å²) in [6.07, 6.45) is -0.989. The summed E-state index contributed by atoms with van der Waals surface area (Å²) >= 11 is 1.66. The molecule has 14 heavy (non-hydrogen) atoms. The number of carboxylic acid groups (broad SMARTS) is 1. The Balaban J connectivity index is 2.32. The van der Waals surface area contributed by atoms with E-state index in [9.17, 15) is 4.79 Å². The summed E-state index contributed by atoms with van der Waals surface area (Å²) in [5.74, 6) is 0. The van der Waals surface area contributed by atoms with Crippen LogP contribution in [0.15, 0.2) is 29.6 Å². The average Bonchev–Trinajstić information content (AvgIpc) is 2.62. The van der Waals surface area contributed by atoms with Gasteiger partial charge in [-0.05, 0) is 28.5 Å². The second-order valence-corrected chi connectivity index (χ2v) is 3.86. The number of thiophene rings is 1. The summed E-state index contributed by atoms with van der Waals surface area (Å²) in [6, 6.07) is 7.92. The lowest BCUT2D eigenvalue weighted by Gasteiger charge is -2.02. The van der Waals surface area contributed by atoms with Crippen molar-refractivity contribution >= 4 is 27.5 Å². The fourth-order valence-electron chi connectivity index (χ4n) is 1.38. The van der Waals surface area contributed by atoms with E-state index in [0.29, 0.717) is 6.54 Å². The minimum atomic E-state index is -0.989. The summed E-state index contributed by atoms with van der Waals surface area (Å²) in [7, 11) is 0. The van der Waals surface area contributed by atoms with Gasteiger partial charge in [-0.2, -0.15) is 0 Å². The van der Waals surface area contributed by atoms with E-state index in [0.717, 1.165) is 10.9 Å². The number of hydrogen-bond donors (Lipinski definition) is 2. The van der Waals surface area contributed by atoms with Gasteiger partial charge in [-0.3, -0.25) is 0 Å². The normalized spacial score (nSPS) is 10.3. The quantitative estimate of drug-likeness (QED) is 0.795. The van der Waals surface area contributed by atoms with Crippen molar-refractivity contribution in [1.29, 1.82) is 0 Å².